The third-order valence-electron chi connectivity index (χ3n) is 1.23. The minimum atomic E-state index is -2.28. The summed E-state index contributed by atoms with van der Waals surface area (Å²) in [6, 6.07) is 0. The average Bonchev–Trinajstić information content (AvgIpc) is 1.86. The van der Waals surface area contributed by atoms with Gasteiger partial charge in [0.2, 0.25) is 6.17 Å². The van der Waals surface area contributed by atoms with Crippen molar-refractivity contribution in [3.05, 3.63) is 12.2 Å². The second kappa shape index (κ2) is 3.48. The van der Waals surface area contributed by atoms with E-state index in [0.29, 0.717) is 0 Å². The van der Waals surface area contributed by atoms with Crippen LogP contribution in [0.5, 0.6) is 0 Å². The number of alkyl halides is 1. The Bertz CT molecular complexity index is 175. The molecular weight excluding hydrogens is 151 g/mol. The Morgan fingerprint density at radius 1 is 1.73 bits per heavy atom. The fourth-order valence-electron chi connectivity index (χ4n) is 0.672. The molecule has 11 heavy (non-hydrogen) atoms. The number of hydrogen-bond donors (Lipinski definition) is 2. The van der Waals surface area contributed by atoms with Gasteiger partial charge in [-0.25, -0.2) is 9.18 Å². The van der Waals surface area contributed by atoms with E-state index in [0.717, 1.165) is 13.0 Å². The van der Waals surface area contributed by atoms with Crippen LogP contribution in [-0.4, -0.2) is 28.0 Å². The summed E-state index contributed by atoms with van der Waals surface area (Å²) in [4.78, 5) is 10.1. The van der Waals surface area contributed by atoms with Crippen LogP contribution >= 0.6 is 0 Å². The molecule has 0 aromatic rings. The maximum absolute atomic E-state index is 12.6. The molecule has 2 unspecified atom stereocenters. The molecular formula is C7H11FO3. The highest BCUT2D eigenvalue weighted by Gasteiger charge is 2.35. The van der Waals surface area contributed by atoms with E-state index in [1.807, 2.05) is 0 Å². The van der Waals surface area contributed by atoms with Crippen LogP contribution in [0.2, 0.25) is 0 Å². The molecule has 0 aliphatic heterocycles. The standard InChI is InChI=1S/C7H11FO3/c1-3-4-7(2,11)5(8)6(9)10/h3-5,11H,1-2H3,(H,9,10). The zero-order valence-corrected chi connectivity index (χ0v) is 6.41. The summed E-state index contributed by atoms with van der Waals surface area (Å²) in [5, 5.41) is 17.3. The third-order valence-corrected chi connectivity index (χ3v) is 1.23. The van der Waals surface area contributed by atoms with Gasteiger partial charge in [0, 0.05) is 0 Å². The SMILES string of the molecule is CC=CC(C)(O)C(F)C(=O)O. The van der Waals surface area contributed by atoms with E-state index >= 15 is 0 Å². The maximum atomic E-state index is 12.6. The first-order valence-electron chi connectivity index (χ1n) is 3.15. The second-order valence-electron chi connectivity index (χ2n) is 2.43. The van der Waals surface area contributed by atoms with Crippen LogP contribution in [0.1, 0.15) is 13.8 Å². The van der Waals surface area contributed by atoms with E-state index < -0.39 is 17.7 Å². The Morgan fingerprint density at radius 3 is 2.45 bits per heavy atom. The van der Waals surface area contributed by atoms with E-state index in [9.17, 15) is 9.18 Å². The number of halogens is 1. The second-order valence-corrected chi connectivity index (χ2v) is 2.43. The molecule has 0 fully saturated rings. The maximum Gasteiger partial charge on any atom is 0.341 e. The molecule has 0 heterocycles. The van der Waals surface area contributed by atoms with Crippen LogP contribution in [0.25, 0.3) is 0 Å². The lowest BCUT2D eigenvalue weighted by Crippen LogP contribution is -2.39. The van der Waals surface area contributed by atoms with Crippen LogP contribution in [-0.2, 0) is 4.79 Å². The summed E-state index contributed by atoms with van der Waals surface area (Å²) in [6.07, 6.45) is 0.222. The molecule has 0 aliphatic carbocycles. The largest absolute Gasteiger partial charge is 0.479 e. The Hall–Kier alpha value is -0.900. The highest BCUT2D eigenvalue weighted by Crippen LogP contribution is 2.15. The highest BCUT2D eigenvalue weighted by atomic mass is 19.1. The molecule has 0 rings (SSSR count). The molecule has 0 bridgehead atoms. The first kappa shape index (κ1) is 10.1. The van der Waals surface area contributed by atoms with Gasteiger partial charge in [-0.1, -0.05) is 12.2 Å². The zero-order chi connectivity index (χ0) is 9.07. The molecule has 0 spiro atoms. The smallest absolute Gasteiger partial charge is 0.341 e. The van der Waals surface area contributed by atoms with Crippen molar-refractivity contribution in [2.24, 2.45) is 0 Å². The van der Waals surface area contributed by atoms with Crippen molar-refractivity contribution in [2.45, 2.75) is 25.6 Å². The first-order valence-corrected chi connectivity index (χ1v) is 3.15. The Balaban J connectivity index is 4.41. The van der Waals surface area contributed by atoms with Gasteiger partial charge < -0.3 is 10.2 Å². The van der Waals surface area contributed by atoms with Gasteiger partial charge in [-0.05, 0) is 13.8 Å². The zero-order valence-electron chi connectivity index (χ0n) is 6.41. The molecule has 0 aliphatic rings. The number of allylic oxidation sites excluding steroid dienone is 1. The van der Waals surface area contributed by atoms with Crippen molar-refractivity contribution < 1.29 is 19.4 Å². The lowest BCUT2D eigenvalue weighted by atomic mass is 10.0. The van der Waals surface area contributed by atoms with Gasteiger partial charge in [-0.3, -0.25) is 0 Å². The van der Waals surface area contributed by atoms with Crippen molar-refractivity contribution in [2.75, 3.05) is 0 Å². The summed E-state index contributed by atoms with van der Waals surface area (Å²) in [7, 11) is 0. The topological polar surface area (TPSA) is 57.5 Å². The van der Waals surface area contributed by atoms with E-state index in [4.69, 9.17) is 10.2 Å². The van der Waals surface area contributed by atoms with Crippen molar-refractivity contribution in [3.8, 4) is 0 Å². The summed E-state index contributed by atoms with van der Waals surface area (Å²) in [6.45, 7) is 2.68. The summed E-state index contributed by atoms with van der Waals surface area (Å²) >= 11 is 0. The number of aliphatic carboxylic acids is 1. The van der Waals surface area contributed by atoms with Crippen molar-refractivity contribution >= 4 is 5.97 Å². The molecule has 2 atom stereocenters. The van der Waals surface area contributed by atoms with Crippen LogP contribution in [0.15, 0.2) is 12.2 Å². The van der Waals surface area contributed by atoms with Crippen molar-refractivity contribution in [1.29, 1.82) is 0 Å². The molecule has 0 saturated heterocycles. The molecule has 0 saturated carbocycles. The highest BCUT2D eigenvalue weighted by molar-refractivity contribution is 5.74. The first-order chi connectivity index (χ1) is 4.91. The van der Waals surface area contributed by atoms with Crippen molar-refractivity contribution in [3.63, 3.8) is 0 Å². The van der Waals surface area contributed by atoms with Gasteiger partial charge in [-0.2, -0.15) is 0 Å². The number of carboxylic acids is 1. The summed E-state index contributed by atoms with van der Waals surface area (Å²) < 4.78 is 12.6. The van der Waals surface area contributed by atoms with E-state index in [1.165, 1.54) is 6.08 Å². The number of aliphatic hydroxyl groups is 1. The van der Waals surface area contributed by atoms with Crippen molar-refractivity contribution in [1.82, 2.24) is 0 Å². The van der Waals surface area contributed by atoms with E-state index in [-0.39, 0.29) is 0 Å². The quantitative estimate of drug-likeness (QED) is 0.601. The Morgan fingerprint density at radius 2 is 2.18 bits per heavy atom. The molecule has 2 N–H and O–H groups in total. The molecule has 0 amide bonds. The minimum absolute atomic E-state index is 1.10. The Kier molecular flexibility index (Phi) is 3.19. The minimum Gasteiger partial charge on any atom is -0.479 e. The van der Waals surface area contributed by atoms with E-state index in [2.05, 4.69) is 0 Å². The predicted molar refractivity (Wildman–Crippen MR) is 38.0 cm³/mol. The normalized spacial score (nSPS) is 19.6. The number of rotatable bonds is 3. The lowest BCUT2D eigenvalue weighted by molar-refractivity contribution is -0.149. The van der Waals surface area contributed by atoms with Crippen LogP contribution < -0.4 is 0 Å². The monoisotopic (exact) mass is 162 g/mol. The van der Waals surface area contributed by atoms with Gasteiger partial charge in [-0.15, -0.1) is 0 Å². The molecule has 3 nitrogen and oxygen atoms in total. The van der Waals surface area contributed by atoms with Crippen LogP contribution in [0.3, 0.4) is 0 Å². The van der Waals surface area contributed by atoms with E-state index in [1.54, 1.807) is 6.92 Å². The van der Waals surface area contributed by atoms with Gasteiger partial charge in [0.1, 0.15) is 5.60 Å². The molecule has 4 heteroatoms. The summed E-state index contributed by atoms with van der Waals surface area (Å²) in [5.74, 6) is -1.66. The lowest BCUT2D eigenvalue weighted by Gasteiger charge is -2.19. The van der Waals surface area contributed by atoms with Crippen LogP contribution in [0.4, 0.5) is 4.39 Å². The van der Waals surface area contributed by atoms with Gasteiger partial charge in [0.05, 0.1) is 0 Å². The molecule has 0 aromatic heterocycles. The molecule has 0 radical (unpaired) electrons. The third kappa shape index (κ3) is 2.67. The molecule has 0 aromatic carbocycles. The number of carbonyl (C=O) groups is 1. The average molecular weight is 162 g/mol. The molecule has 64 valence electrons. The van der Waals surface area contributed by atoms with Crippen LogP contribution in [0, 0.1) is 0 Å². The summed E-state index contributed by atoms with van der Waals surface area (Å²) in [5.41, 5.74) is -1.92. The fourth-order valence-corrected chi connectivity index (χ4v) is 0.672. The van der Waals surface area contributed by atoms with Gasteiger partial charge >= 0.3 is 5.97 Å². The fraction of sp³-hybridized carbons (Fsp3) is 0.571. The van der Waals surface area contributed by atoms with Gasteiger partial charge in [0.15, 0.2) is 0 Å². The predicted octanol–water partition coefficient (Wildman–Crippen LogP) is 0.736. The van der Waals surface area contributed by atoms with Gasteiger partial charge in [0.25, 0.3) is 0 Å². The number of carboxylic acid groups (broad SMARTS) is 1. The Labute approximate surface area is 64.2 Å². The number of hydrogen-bond acceptors (Lipinski definition) is 2.